The summed E-state index contributed by atoms with van der Waals surface area (Å²) in [5.74, 6) is 0.0635. The second kappa shape index (κ2) is 6.41. The first-order valence-corrected chi connectivity index (χ1v) is 9.11. The molecule has 1 saturated carbocycles. The highest BCUT2D eigenvalue weighted by molar-refractivity contribution is 7.10. The van der Waals surface area contributed by atoms with Crippen LogP contribution in [0, 0.1) is 12.7 Å². The van der Waals surface area contributed by atoms with E-state index in [4.69, 9.17) is 0 Å². The van der Waals surface area contributed by atoms with Gasteiger partial charge < -0.3 is 5.32 Å². The van der Waals surface area contributed by atoms with Gasteiger partial charge >= 0.3 is 0 Å². The Morgan fingerprint density at radius 2 is 1.96 bits per heavy atom. The fourth-order valence-corrected chi connectivity index (χ4v) is 3.60. The van der Waals surface area contributed by atoms with E-state index in [1.54, 1.807) is 42.5 Å². The van der Waals surface area contributed by atoms with Crippen LogP contribution in [0.1, 0.15) is 39.7 Å². The lowest BCUT2D eigenvalue weighted by Gasteiger charge is -2.07. The van der Waals surface area contributed by atoms with Crippen molar-refractivity contribution in [1.82, 2.24) is 4.98 Å². The monoisotopic (exact) mass is 352 g/mol. The largest absolute Gasteiger partial charge is 0.322 e. The molecule has 0 saturated heterocycles. The molecular formula is C20H17FN2OS. The van der Waals surface area contributed by atoms with Crippen LogP contribution in [0.3, 0.4) is 0 Å². The Bertz CT molecular complexity index is 929. The van der Waals surface area contributed by atoms with Crippen molar-refractivity contribution in [3.8, 4) is 11.3 Å². The molecule has 0 radical (unpaired) electrons. The van der Waals surface area contributed by atoms with E-state index in [9.17, 15) is 9.18 Å². The first-order valence-electron chi connectivity index (χ1n) is 8.23. The topological polar surface area (TPSA) is 42.0 Å². The predicted molar refractivity (Wildman–Crippen MR) is 98.6 cm³/mol. The van der Waals surface area contributed by atoms with Crippen molar-refractivity contribution in [2.45, 2.75) is 25.7 Å². The predicted octanol–water partition coefficient (Wildman–Crippen LogP) is 5.39. The third-order valence-corrected chi connectivity index (χ3v) is 5.33. The zero-order valence-electron chi connectivity index (χ0n) is 13.8. The van der Waals surface area contributed by atoms with Crippen molar-refractivity contribution in [3.05, 3.63) is 69.8 Å². The van der Waals surface area contributed by atoms with Crippen LogP contribution in [0.5, 0.6) is 0 Å². The van der Waals surface area contributed by atoms with Gasteiger partial charge in [-0.2, -0.15) is 0 Å². The summed E-state index contributed by atoms with van der Waals surface area (Å²) < 4.78 is 13.6. The SMILES string of the molecule is Cc1ccc(NC(=O)c2ccc(-c3csc(C4CC4)n3)cc2)cc1F. The van der Waals surface area contributed by atoms with Gasteiger partial charge in [0.2, 0.25) is 0 Å². The van der Waals surface area contributed by atoms with E-state index in [0.29, 0.717) is 22.7 Å². The lowest BCUT2D eigenvalue weighted by atomic mass is 10.1. The molecule has 0 spiro atoms. The number of rotatable bonds is 4. The summed E-state index contributed by atoms with van der Waals surface area (Å²) in [6.07, 6.45) is 2.48. The minimum atomic E-state index is -0.330. The molecule has 5 heteroatoms. The third kappa shape index (κ3) is 3.46. The van der Waals surface area contributed by atoms with Gasteiger partial charge in [0.15, 0.2) is 0 Å². The number of nitrogens with one attached hydrogen (secondary N) is 1. The third-order valence-electron chi connectivity index (χ3n) is 4.32. The maximum absolute atomic E-state index is 13.6. The van der Waals surface area contributed by atoms with Crippen molar-refractivity contribution in [1.29, 1.82) is 0 Å². The fourth-order valence-electron chi connectivity index (χ4n) is 2.60. The van der Waals surface area contributed by atoms with Crippen LogP contribution >= 0.6 is 11.3 Å². The number of aromatic nitrogens is 1. The summed E-state index contributed by atoms with van der Waals surface area (Å²) in [4.78, 5) is 17.0. The van der Waals surface area contributed by atoms with Crippen molar-refractivity contribution < 1.29 is 9.18 Å². The van der Waals surface area contributed by atoms with E-state index < -0.39 is 0 Å². The summed E-state index contributed by atoms with van der Waals surface area (Å²) in [7, 11) is 0. The van der Waals surface area contributed by atoms with E-state index in [0.717, 1.165) is 11.3 Å². The lowest BCUT2D eigenvalue weighted by Crippen LogP contribution is -2.12. The summed E-state index contributed by atoms with van der Waals surface area (Å²) in [5.41, 5.74) is 3.49. The zero-order chi connectivity index (χ0) is 17.4. The van der Waals surface area contributed by atoms with E-state index in [-0.39, 0.29) is 11.7 Å². The van der Waals surface area contributed by atoms with Gasteiger partial charge in [-0.15, -0.1) is 11.3 Å². The zero-order valence-corrected chi connectivity index (χ0v) is 14.6. The number of hydrogen-bond donors (Lipinski definition) is 1. The number of carbonyl (C=O) groups is 1. The van der Waals surface area contributed by atoms with Crippen LogP contribution < -0.4 is 5.32 Å². The molecule has 1 amide bonds. The van der Waals surface area contributed by atoms with Gasteiger partial charge in [0.05, 0.1) is 10.7 Å². The number of nitrogens with zero attached hydrogens (tertiary/aromatic N) is 1. The molecule has 0 aliphatic heterocycles. The van der Waals surface area contributed by atoms with Crippen LogP contribution in [0.25, 0.3) is 11.3 Å². The normalized spacial score (nSPS) is 13.7. The Labute approximate surface area is 149 Å². The summed E-state index contributed by atoms with van der Waals surface area (Å²) >= 11 is 1.70. The van der Waals surface area contributed by atoms with Crippen LogP contribution in [0.2, 0.25) is 0 Å². The lowest BCUT2D eigenvalue weighted by molar-refractivity contribution is 0.102. The molecule has 1 fully saturated rings. The highest BCUT2D eigenvalue weighted by Gasteiger charge is 2.26. The molecule has 2 aromatic carbocycles. The number of hydrogen-bond acceptors (Lipinski definition) is 3. The van der Waals surface area contributed by atoms with Gasteiger partial charge in [-0.25, -0.2) is 9.37 Å². The molecule has 25 heavy (non-hydrogen) atoms. The molecule has 1 aromatic heterocycles. The van der Waals surface area contributed by atoms with Crippen LogP contribution in [-0.2, 0) is 0 Å². The van der Waals surface area contributed by atoms with Crippen molar-refractivity contribution in [2.24, 2.45) is 0 Å². The highest BCUT2D eigenvalue weighted by atomic mass is 32.1. The average molecular weight is 352 g/mol. The number of amides is 1. The van der Waals surface area contributed by atoms with E-state index in [1.807, 2.05) is 12.1 Å². The van der Waals surface area contributed by atoms with Crippen LogP contribution in [0.4, 0.5) is 10.1 Å². The Morgan fingerprint density at radius 3 is 2.64 bits per heavy atom. The standard InChI is InChI=1S/C20H17FN2OS/c1-12-2-9-16(10-17(12)21)22-19(24)14-5-3-13(4-6-14)18-11-25-20(23-18)15-7-8-15/h2-6,9-11,15H,7-8H2,1H3,(H,22,24). The summed E-state index contributed by atoms with van der Waals surface area (Å²) in [6, 6.07) is 12.0. The second-order valence-electron chi connectivity index (χ2n) is 6.34. The average Bonchev–Trinajstić information content (AvgIpc) is 3.35. The number of thiazole rings is 1. The summed E-state index contributed by atoms with van der Waals surface area (Å²) in [5, 5.41) is 5.99. The van der Waals surface area contributed by atoms with Gasteiger partial charge in [-0.1, -0.05) is 18.2 Å². The van der Waals surface area contributed by atoms with Crippen molar-refractivity contribution >= 4 is 22.9 Å². The molecule has 126 valence electrons. The van der Waals surface area contributed by atoms with Crippen molar-refractivity contribution in [3.63, 3.8) is 0 Å². The first kappa shape index (κ1) is 16.0. The number of anilines is 1. The van der Waals surface area contributed by atoms with Gasteiger partial charge in [-0.3, -0.25) is 4.79 Å². The number of benzene rings is 2. The quantitative estimate of drug-likeness (QED) is 0.684. The molecule has 0 bridgehead atoms. The van der Waals surface area contributed by atoms with E-state index >= 15 is 0 Å². The van der Waals surface area contributed by atoms with Crippen molar-refractivity contribution in [2.75, 3.05) is 5.32 Å². The Kier molecular flexibility index (Phi) is 4.09. The molecule has 1 aliphatic rings. The van der Waals surface area contributed by atoms with Gasteiger partial charge in [0, 0.05) is 28.1 Å². The molecular weight excluding hydrogens is 335 g/mol. The molecule has 3 aromatic rings. The maximum Gasteiger partial charge on any atom is 0.255 e. The second-order valence-corrected chi connectivity index (χ2v) is 7.23. The van der Waals surface area contributed by atoms with Gasteiger partial charge in [-0.05, 0) is 49.6 Å². The molecule has 4 rings (SSSR count). The first-order chi connectivity index (χ1) is 12.1. The molecule has 3 nitrogen and oxygen atoms in total. The molecule has 0 atom stereocenters. The Balaban J connectivity index is 1.48. The number of halogens is 1. The minimum Gasteiger partial charge on any atom is -0.322 e. The molecule has 1 heterocycles. The van der Waals surface area contributed by atoms with Crippen LogP contribution in [0.15, 0.2) is 47.8 Å². The number of aryl methyl sites for hydroxylation is 1. The fraction of sp³-hybridized carbons (Fsp3) is 0.200. The Morgan fingerprint density at radius 1 is 1.20 bits per heavy atom. The Hall–Kier alpha value is -2.53. The summed E-state index contributed by atoms with van der Waals surface area (Å²) in [6.45, 7) is 1.69. The van der Waals surface area contributed by atoms with E-state index in [1.165, 1.54) is 23.9 Å². The van der Waals surface area contributed by atoms with Crippen LogP contribution in [-0.4, -0.2) is 10.9 Å². The molecule has 1 aliphatic carbocycles. The molecule has 0 unspecified atom stereocenters. The van der Waals surface area contributed by atoms with E-state index in [2.05, 4.69) is 15.7 Å². The maximum atomic E-state index is 13.6. The minimum absolute atomic E-state index is 0.258. The smallest absolute Gasteiger partial charge is 0.255 e. The highest BCUT2D eigenvalue weighted by Crippen LogP contribution is 2.42. The van der Waals surface area contributed by atoms with Gasteiger partial charge in [0.25, 0.3) is 5.91 Å². The number of carbonyl (C=O) groups excluding carboxylic acids is 1. The van der Waals surface area contributed by atoms with Gasteiger partial charge in [0.1, 0.15) is 5.82 Å². The molecule has 1 N–H and O–H groups in total.